The van der Waals surface area contributed by atoms with Crippen LogP contribution in [0.15, 0.2) is 12.1 Å². The first-order valence-electron chi connectivity index (χ1n) is 7.02. The molecule has 0 saturated heterocycles. The topological polar surface area (TPSA) is 55.8 Å². The number of hydrogen-bond donors (Lipinski definition) is 1. The number of carbonyl (C=O) groups is 1. The average Bonchev–Trinajstić information content (AvgIpc) is 2.36. The van der Waals surface area contributed by atoms with Gasteiger partial charge in [-0.25, -0.2) is 0 Å². The van der Waals surface area contributed by atoms with Crippen LogP contribution in [0.2, 0.25) is 0 Å². The number of aromatic hydroxyl groups is 1. The molecule has 0 saturated carbocycles. The van der Waals surface area contributed by atoms with Gasteiger partial charge in [0.15, 0.2) is 11.4 Å². The van der Waals surface area contributed by atoms with Crippen LogP contribution in [0.25, 0.3) is 6.08 Å². The number of fused-ring (bicyclic) bond motifs is 1. The van der Waals surface area contributed by atoms with Crippen molar-refractivity contribution in [3.8, 4) is 29.6 Å². The number of phenols is 1. The van der Waals surface area contributed by atoms with Gasteiger partial charge in [0.2, 0.25) is 0 Å². The molecule has 0 aromatic heterocycles. The van der Waals surface area contributed by atoms with Crippen molar-refractivity contribution < 1.29 is 19.4 Å². The lowest BCUT2D eigenvalue weighted by atomic mass is 9.97. The van der Waals surface area contributed by atoms with Gasteiger partial charge in [-0.1, -0.05) is 5.92 Å². The van der Waals surface area contributed by atoms with E-state index in [1.54, 1.807) is 26.0 Å². The highest BCUT2D eigenvalue weighted by atomic mass is 16.5. The largest absolute Gasteiger partial charge is 0.506 e. The number of hydrogen-bond acceptors (Lipinski definition) is 4. The van der Waals surface area contributed by atoms with Gasteiger partial charge in [-0.2, -0.15) is 0 Å². The lowest BCUT2D eigenvalue weighted by molar-refractivity contribution is 0.0998. The summed E-state index contributed by atoms with van der Waals surface area (Å²) >= 11 is 0. The van der Waals surface area contributed by atoms with Crippen molar-refractivity contribution in [1.29, 1.82) is 0 Å². The lowest BCUT2D eigenvalue weighted by Gasteiger charge is -2.30. The summed E-state index contributed by atoms with van der Waals surface area (Å²) in [5.41, 5.74) is -0.841. The van der Waals surface area contributed by atoms with Crippen LogP contribution in [0, 0.1) is 12.3 Å². The molecular formula is C18H20O4. The number of phenolic OH excluding ortho intramolecular Hbond substituents is 1. The molecule has 22 heavy (non-hydrogen) atoms. The van der Waals surface area contributed by atoms with E-state index >= 15 is 0 Å². The van der Waals surface area contributed by atoms with Crippen molar-refractivity contribution in [2.24, 2.45) is 0 Å². The van der Waals surface area contributed by atoms with Gasteiger partial charge in [0, 0.05) is 6.07 Å². The van der Waals surface area contributed by atoms with E-state index in [0.29, 0.717) is 11.3 Å². The van der Waals surface area contributed by atoms with Crippen LogP contribution in [-0.2, 0) is 0 Å². The van der Waals surface area contributed by atoms with Gasteiger partial charge in [0.25, 0.3) is 0 Å². The summed E-state index contributed by atoms with van der Waals surface area (Å²) in [7, 11) is 0. The van der Waals surface area contributed by atoms with Crippen LogP contribution >= 0.6 is 0 Å². The van der Waals surface area contributed by atoms with Gasteiger partial charge in [-0.05, 0) is 46.8 Å². The molecule has 1 N–H and O–H groups in total. The standard InChI is InChI=1S/C18H20O4/c1-7-17(3,4)22-14-10-13-12(8-9-18(5,6)21-13)16(20)15(14)11(2)19/h1,8-10,20H,2-6H3. The maximum absolute atomic E-state index is 11.9. The first kappa shape index (κ1) is 16.0. The molecule has 0 atom stereocenters. The third kappa shape index (κ3) is 2.94. The summed E-state index contributed by atoms with van der Waals surface area (Å²) < 4.78 is 11.6. The normalized spacial score (nSPS) is 15.5. The Morgan fingerprint density at radius 2 is 2.09 bits per heavy atom. The minimum atomic E-state index is -0.912. The van der Waals surface area contributed by atoms with Gasteiger partial charge in [0.1, 0.15) is 28.4 Å². The van der Waals surface area contributed by atoms with Gasteiger partial charge < -0.3 is 14.6 Å². The highest BCUT2D eigenvalue weighted by Crippen LogP contribution is 2.44. The molecule has 0 unspecified atom stereocenters. The minimum absolute atomic E-state index is 0.107. The zero-order valence-electron chi connectivity index (χ0n) is 13.5. The minimum Gasteiger partial charge on any atom is -0.506 e. The summed E-state index contributed by atoms with van der Waals surface area (Å²) in [4.78, 5) is 11.9. The van der Waals surface area contributed by atoms with Gasteiger partial charge in [0.05, 0.1) is 5.56 Å². The smallest absolute Gasteiger partial charge is 0.167 e. The van der Waals surface area contributed by atoms with Crippen molar-refractivity contribution in [2.75, 3.05) is 0 Å². The van der Waals surface area contributed by atoms with Crippen LogP contribution in [0.1, 0.15) is 50.5 Å². The Balaban J connectivity index is 2.65. The number of ketones is 1. The molecule has 4 heteroatoms. The van der Waals surface area contributed by atoms with E-state index in [-0.39, 0.29) is 22.8 Å². The number of terminal acetylenes is 1. The summed E-state index contributed by atoms with van der Waals surface area (Å²) in [5, 5.41) is 10.4. The quantitative estimate of drug-likeness (QED) is 0.685. The van der Waals surface area contributed by atoms with Crippen molar-refractivity contribution in [3.05, 3.63) is 23.3 Å². The molecule has 1 heterocycles. The molecule has 1 aliphatic rings. The zero-order chi connectivity index (χ0) is 16.7. The van der Waals surface area contributed by atoms with E-state index in [0.717, 1.165) is 0 Å². The Bertz CT molecular complexity index is 703. The molecule has 1 aromatic carbocycles. The lowest BCUT2D eigenvalue weighted by Crippen LogP contribution is -2.29. The molecule has 0 aliphatic carbocycles. The van der Waals surface area contributed by atoms with Gasteiger partial charge in [-0.15, -0.1) is 6.42 Å². The second kappa shape index (κ2) is 5.10. The Labute approximate surface area is 130 Å². The molecule has 2 rings (SSSR count). The molecule has 4 nitrogen and oxygen atoms in total. The number of benzene rings is 1. The number of carbonyl (C=O) groups excluding carboxylic acids is 1. The predicted molar refractivity (Wildman–Crippen MR) is 85.4 cm³/mol. The van der Waals surface area contributed by atoms with Gasteiger partial charge in [-0.3, -0.25) is 4.79 Å². The zero-order valence-corrected chi connectivity index (χ0v) is 13.5. The van der Waals surface area contributed by atoms with Crippen molar-refractivity contribution in [1.82, 2.24) is 0 Å². The fourth-order valence-electron chi connectivity index (χ4n) is 2.21. The maximum atomic E-state index is 11.9. The first-order chi connectivity index (χ1) is 10.1. The summed E-state index contributed by atoms with van der Waals surface area (Å²) in [6.45, 7) is 8.58. The molecule has 0 radical (unpaired) electrons. The second-order valence-electron chi connectivity index (χ2n) is 6.36. The SMILES string of the molecule is C#CC(C)(C)Oc1cc2c(c(O)c1C(C)=O)C=CC(C)(C)O2. The number of rotatable bonds is 3. The van der Waals surface area contributed by atoms with Crippen LogP contribution in [0.4, 0.5) is 0 Å². The molecule has 0 amide bonds. The Morgan fingerprint density at radius 3 is 2.64 bits per heavy atom. The third-order valence-corrected chi connectivity index (χ3v) is 3.36. The molecule has 1 aromatic rings. The van der Waals surface area contributed by atoms with Crippen LogP contribution < -0.4 is 9.47 Å². The maximum Gasteiger partial charge on any atom is 0.167 e. The summed E-state index contributed by atoms with van der Waals surface area (Å²) in [6.07, 6.45) is 9.01. The molecule has 0 fully saturated rings. The Kier molecular flexibility index (Phi) is 3.70. The highest BCUT2D eigenvalue weighted by molar-refractivity contribution is 6.01. The number of ether oxygens (including phenoxy) is 2. The van der Waals surface area contributed by atoms with E-state index in [9.17, 15) is 9.90 Å². The average molecular weight is 300 g/mol. The molecule has 116 valence electrons. The number of Topliss-reactive ketones (excluding diaryl/α,β-unsaturated/α-hetero) is 1. The fourth-order valence-corrected chi connectivity index (χ4v) is 2.21. The van der Waals surface area contributed by atoms with E-state index < -0.39 is 11.2 Å². The van der Waals surface area contributed by atoms with Crippen LogP contribution in [0.3, 0.4) is 0 Å². The van der Waals surface area contributed by atoms with Crippen LogP contribution in [-0.4, -0.2) is 22.1 Å². The summed E-state index contributed by atoms with van der Waals surface area (Å²) in [5.74, 6) is 2.72. The van der Waals surface area contributed by atoms with Crippen molar-refractivity contribution in [2.45, 2.75) is 45.8 Å². The third-order valence-electron chi connectivity index (χ3n) is 3.36. The predicted octanol–water partition coefficient (Wildman–Crippen LogP) is 3.57. The van der Waals surface area contributed by atoms with Crippen LogP contribution in [0.5, 0.6) is 17.2 Å². The van der Waals surface area contributed by atoms with Crippen molar-refractivity contribution >= 4 is 11.9 Å². The Hall–Kier alpha value is -2.41. The van der Waals surface area contributed by atoms with E-state index in [4.69, 9.17) is 15.9 Å². The van der Waals surface area contributed by atoms with E-state index in [2.05, 4.69) is 5.92 Å². The van der Waals surface area contributed by atoms with E-state index in [1.807, 2.05) is 19.9 Å². The summed E-state index contributed by atoms with van der Waals surface area (Å²) in [6, 6.07) is 1.61. The van der Waals surface area contributed by atoms with Gasteiger partial charge >= 0.3 is 0 Å². The molecule has 0 spiro atoms. The Morgan fingerprint density at radius 1 is 1.45 bits per heavy atom. The monoisotopic (exact) mass is 300 g/mol. The van der Waals surface area contributed by atoms with Crippen molar-refractivity contribution in [3.63, 3.8) is 0 Å². The highest BCUT2D eigenvalue weighted by Gasteiger charge is 2.30. The second-order valence-corrected chi connectivity index (χ2v) is 6.36. The molecule has 1 aliphatic heterocycles. The first-order valence-corrected chi connectivity index (χ1v) is 7.02. The molecular weight excluding hydrogens is 280 g/mol. The fraction of sp³-hybridized carbons (Fsp3) is 0.389. The molecule has 0 bridgehead atoms. The van der Waals surface area contributed by atoms with E-state index in [1.165, 1.54) is 6.92 Å².